The first-order valence-electron chi connectivity index (χ1n) is 5.55. The third-order valence-electron chi connectivity index (χ3n) is 2.77. The van der Waals surface area contributed by atoms with Crippen LogP contribution in [0.25, 0.3) is 10.4 Å². The number of carbonyl (C=O) groups is 1. The van der Waals surface area contributed by atoms with Gasteiger partial charge in [-0.05, 0) is 36.1 Å². The zero-order valence-corrected chi connectivity index (χ0v) is 10.7. The number of rotatable bonds is 3. The smallest absolute Gasteiger partial charge is 0.345 e. The number of benzene rings is 1. The molecule has 0 saturated carbocycles. The lowest BCUT2D eigenvalue weighted by Crippen LogP contribution is -1.89. The van der Waals surface area contributed by atoms with Gasteiger partial charge in [0, 0.05) is 4.88 Å². The predicted molar refractivity (Wildman–Crippen MR) is 70.8 cm³/mol. The number of hydrogen-bond donors (Lipinski definition) is 1. The highest BCUT2D eigenvalue weighted by atomic mass is 32.1. The standard InChI is InChI=1S/C14H14O2S/c1-3-10-6-4-5-7-11(10)13-9(2)8-12(17-13)14(15)16/h4-8H,3H2,1-2H3,(H,15,16). The molecule has 0 amide bonds. The van der Waals surface area contributed by atoms with E-state index in [1.165, 1.54) is 16.9 Å². The zero-order valence-electron chi connectivity index (χ0n) is 9.86. The second kappa shape index (κ2) is 4.72. The highest BCUT2D eigenvalue weighted by molar-refractivity contribution is 7.17. The summed E-state index contributed by atoms with van der Waals surface area (Å²) in [5, 5.41) is 9.01. The minimum atomic E-state index is -0.849. The number of carboxylic acid groups (broad SMARTS) is 1. The summed E-state index contributed by atoms with van der Waals surface area (Å²) >= 11 is 1.35. The zero-order chi connectivity index (χ0) is 12.4. The Morgan fingerprint density at radius 2 is 2.06 bits per heavy atom. The first kappa shape index (κ1) is 11.9. The van der Waals surface area contributed by atoms with Crippen LogP contribution >= 0.6 is 11.3 Å². The van der Waals surface area contributed by atoms with Gasteiger partial charge in [-0.2, -0.15) is 0 Å². The molecule has 0 saturated heterocycles. The summed E-state index contributed by atoms with van der Waals surface area (Å²) in [5.41, 5.74) is 3.45. The summed E-state index contributed by atoms with van der Waals surface area (Å²) in [5.74, 6) is -0.849. The molecular weight excluding hydrogens is 232 g/mol. The predicted octanol–water partition coefficient (Wildman–Crippen LogP) is 3.98. The van der Waals surface area contributed by atoms with Crippen molar-refractivity contribution < 1.29 is 9.90 Å². The minimum absolute atomic E-state index is 0.406. The second-order valence-corrected chi connectivity index (χ2v) is 4.99. The van der Waals surface area contributed by atoms with Crippen LogP contribution in [0.3, 0.4) is 0 Å². The number of aromatic carboxylic acids is 1. The first-order valence-corrected chi connectivity index (χ1v) is 6.37. The van der Waals surface area contributed by atoms with Crippen molar-refractivity contribution in [2.45, 2.75) is 20.3 Å². The largest absolute Gasteiger partial charge is 0.477 e. The van der Waals surface area contributed by atoms with Gasteiger partial charge in [0.2, 0.25) is 0 Å². The highest BCUT2D eigenvalue weighted by Crippen LogP contribution is 2.34. The SMILES string of the molecule is CCc1ccccc1-c1sc(C(=O)O)cc1C. The van der Waals surface area contributed by atoms with E-state index < -0.39 is 5.97 Å². The van der Waals surface area contributed by atoms with E-state index in [9.17, 15) is 4.79 Å². The Kier molecular flexibility index (Phi) is 3.29. The average Bonchev–Trinajstić information content (AvgIpc) is 2.71. The number of thiophene rings is 1. The summed E-state index contributed by atoms with van der Waals surface area (Å²) < 4.78 is 0. The lowest BCUT2D eigenvalue weighted by atomic mass is 10.0. The van der Waals surface area contributed by atoms with Crippen molar-refractivity contribution in [1.29, 1.82) is 0 Å². The molecular formula is C14H14O2S. The van der Waals surface area contributed by atoms with Crippen LogP contribution in [0.1, 0.15) is 27.7 Å². The molecule has 0 aliphatic carbocycles. The molecule has 2 nitrogen and oxygen atoms in total. The number of aryl methyl sites for hydroxylation is 2. The van der Waals surface area contributed by atoms with Gasteiger partial charge >= 0.3 is 5.97 Å². The van der Waals surface area contributed by atoms with Crippen LogP contribution in [-0.2, 0) is 6.42 Å². The molecule has 3 heteroatoms. The van der Waals surface area contributed by atoms with E-state index in [-0.39, 0.29) is 0 Å². The van der Waals surface area contributed by atoms with Gasteiger partial charge in [-0.1, -0.05) is 31.2 Å². The molecule has 0 aliphatic heterocycles. The van der Waals surface area contributed by atoms with Crippen LogP contribution in [0.5, 0.6) is 0 Å². The van der Waals surface area contributed by atoms with Crippen LogP contribution in [0.15, 0.2) is 30.3 Å². The monoisotopic (exact) mass is 246 g/mol. The van der Waals surface area contributed by atoms with Crippen LogP contribution in [-0.4, -0.2) is 11.1 Å². The highest BCUT2D eigenvalue weighted by Gasteiger charge is 2.14. The van der Waals surface area contributed by atoms with Crippen LogP contribution in [0.4, 0.5) is 0 Å². The maximum absolute atomic E-state index is 11.0. The molecule has 0 atom stereocenters. The van der Waals surface area contributed by atoms with E-state index in [2.05, 4.69) is 19.1 Å². The molecule has 88 valence electrons. The van der Waals surface area contributed by atoms with Crippen LogP contribution < -0.4 is 0 Å². The van der Waals surface area contributed by atoms with Crippen molar-refractivity contribution >= 4 is 17.3 Å². The molecule has 2 rings (SSSR count). The molecule has 0 radical (unpaired) electrons. The lowest BCUT2D eigenvalue weighted by Gasteiger charge is -2.06. The Bertz CT molecular complexity index is 555. The number of hydrogen-bond acceptors (Lipinski definition) is 2. The molecule has 0 bridgehead atoms. The molecule has 0 unspecified atom stereocenters. The van der Waals surface area contributed by atoms with Gasteiger partial charge in [0.15, 0.2) is 0 Å². The van der Waals surface area contributed by atoms with E-state index in [0.29, 0.717) is 4.88 Å². The van der Waals surface area contributed by atoms with Gasteiger partial charge in [0.05, 0.1) is 0 Å². The van der Waals surface area contributed by atoms with Crippen LogP contribution in [0.2, 0.25) is 0 Å². The van der Waals surface area contributed by atoms with Gasteiger partial charge in [-0.15, -0.1) is 11.3 Å². The third kappa shape index (κ3) is 2.24. The summed E-state index contributed by atoms with van der Waals surface area (Å²) in [6.45, 7) is 4.07. The topological polar surface area (TPSA) is 37.3 Å². The molecule has 1 N–H and O–H groups in total. The quantitative estimate of drug-likeness (QED) is 0.889. The molecule has 0 fully saturated rings. The summed E-state index contributed by atoms with van der Waals surface area (Å²) in [7, 11) is 0. The van der Waals surface area contributed by atoms with Gasteiger partial charge in [-0.25, -0.2) is 4.79 Å². The van der Waals surface area contributed by atoms with Crippen molar-refractivity contribution in [3.8, 4) is 10.4 Å². The number of carboxylic acids is 1. The van der Waals surface area contributed by atoms with Crippen molar-refractivity contribution in [2.24, 2.45) is 0 Å². The van der Waals surface area contributed by atoms with E-state index in [4.69, 9.17) is 5.11 Å². The molecule has 1 heterocycles. The fraction of sp³-hybridized carbons (Fsp3) is 0.214. The van der Waals surface area contributed by atoms with Crippen LogP contribution in [0, 0.1) is 6.92 Å². The molecule has 0 aliphatic rings. The normalized spacial score (nSPS) is 10.5. The summed E-state index contributed by atoms with van der Waals surface area (Å²) in [4.78, 5) is 12.4. The van der Waals surface area contributed by atoms with Crippen molar-refractivity contribution in [3.63, 3.8) is 0 Å². The fourth-order valence-electron chi connectivity index (χ4n) is 1.91. The summed E-state index contributed by atoms with van der Waals surface area (Å²) in [6.07, 6.45) is 0.954. The molecule has 2 aromatic rings. The maximum Gasteiger partial charge on any atom is 0.345 e. The minimum Gasteiger partial charge on any atom is -0.477 e. The van der Waals surface area contributed by atoms with Crippen molar-refractivity contribution in [3.05, 3.63) is 46.3 Å². The van der Waals surface area contributed by atoms with Gasteiger partial charge in [0.25, 0.3) is 0 Å². The molecule has 17 heavy (non-hydrogen) atoms. The molecule has 1 aromatic carbocycles. The fourth-order valence-corrected chi connectivity index (χ4v) is 2.98. The Balaban J connectivity index is 2.56. The summed E-state index contributed by atoms with van der Waals surface area (Å²) in [6, 6.07) is 9.91. The van der Waals surface area contributed by atoms with Gasteiger partial charge in [0.1, 0.15) is 4.88 Å². The first-order chi connectivity index (χ1) is 8.13. The van der Waals surface area contributed by atoms with Crippen molar-refractivity contribution in [2.75, 3.05) is 0 Å². The molecule has 1 aromatic heterocycles. The van der Waals surface area contributed by atoms with Gasteiger partial charge in [-0.3, -0.25) is 0 Å². The second-order valence-electron chi connectivity index (χ2n) is 3.94. The van der Waals surface area contributed by atoms with E-state index in [1.807, 2.05) is 19.1 Å². The Labute approximate surface area is 105 Å². The Hall–Kier alpha value is -1.61. The third-order valence-corrected chi connectivity index (χ3v) is 4.03. The molecule has 0 spiro atoms. The average molecular weight is 246 g/mol. The van der Waals surface area contributed by atoms with E-state index in [1.54, 1.807) is 6.07 Å². The Morgan fingerprint density at radius 3 is 2.65 bits per heavy atom. The lowest BCUT2D eigenvalue weighted by molar-refractivity contribution is 0.0702. The van der Waals surface area contributed by atoms with E-state index >= 15 is 0 Å². The van der Waals surface area contributed by atoms with Gasteiger partial charge < -0.3 is 5.11 Å². The Morgan fingerprint density at radius 1 is 1.35 bits per heavy atom. The van der Waals surface area contributed by atoms with E-state index in [0.717, 1.165) is 22.4 Å². The maximum atomic E-state index is 11.0. The van der Waals surface area contributed by atoms with Crippen molar-refractivity contribution in [1.82, 2.24) is 0 Å².